The number of hydrogen-bond acceptors (Lipinski definition) is 3. The first-order valence-electron chi connectivity index (χ1n) is 11.1. The molecule has 1 aromatic heterocycles. The highest BCUT2D eigenvalue weighted by Crippen LogP contribution is 2.30. The Balaban J connectivity index is 1.41. The molecular weight excluding hydrogens is 342 g/mol. The highest BCUT2D eigenvalue weighted by Gasteiger charge is 2.07. The van der Waals surface area contributed by atoms with Crippen molar-refractivity contribution in [1.29, 1.82) is 0 Å². The van der Waals surface area contributed by atoms with Crippen molar-refractivity contribution >= 4 is 27.5 Å². The van der Waals surface area contributed by atoms with Gasteiger partial charge in [0.25, 0.3) is 0 Å². The molecule has 0 radical (unpaired) electrons. The summed E-state index contributed by atoms with van der Waals surface area (Å²) >= 11 is 0. The summed E-state index contributed by atoms with van der Waals surface area (Å²) in [5, 5.41) is 6.15. The quantitative estimate of drug-likeness (QED) is 0.259. The van der Waals surface area contributed by atoms with E-state index in [1.54, 1.807) is 0 Å². The van der Waals surface area contributed by atoms with Crippen LogP contribution in [0.4, 0.5) is 5.69 Å². The summed E-state index contributed by atoms with van der Waals surface area (Å²) in [6.07, 6.45) is 13.3. The van der Waals surface area contributed by atoms with Crippen LogP contribution in [0.5, 0.6) is 0 Å². The van der Waals surface area contributed by atoms with Crippen LogP contribution in [0, 0.1) is 0 Å². The highest BCUT2D eigenvalue weighted by molar-refractivity contribution is 6.07. The molecule has 0 unspecified atom stereocenters. The zero-order valence-corrected chi connectivity index (χ0v) is 17.1. The number of benzene rings is 2. The summed E-state index contributed by atoms with van der Waals surface area (Å²) in [7, 11) is 0. The summed E-state index contributed by atoms with van der Waals surface area (Å²) in [5.74, 6) is 0. The molecule has 0 spiro atoms. The van der Waals surface area contributed by atoms with E-state index in [-0.39, 0.29) is 0 Å². The fourth-order valence-electron chi connectivity index (χ4n) is 3.93. The van der Waals surface area contributed by atoms with Gasteiger partial charge >= 0.3 is 0 Å². The number of para-hydroxylation sites is 2. The van der Waals surface area contributed by atoms with Gasteiger partial charge in [0.05, 0.1) is 16.7 Å². The van der Waals surface area contributed by atoms with Gasteiger partial charge in [0.15, 0.2) is 0 Å². The largest absolute Gasteiger partial charge is 0.384 e. The van der Waals surface area contributed by atoms with Crippen molar-refractivity contribution in [2.24, 2.45) is 5.73 Å². The smallest absolute Gasteiger partial charge is 0.0730 e. The maximum Gasteiger partial charge on any atom is 0.0730 e. The Bertz CT molecular complexity index is 789. The number of fused-ring (bicyclic) bond motifs is 2. The molecule has 3 aromatic rings. The fraction of sp³-hybridized carbons (Fsp3) is 0.480. The number of rotatable bonds is 13. The number of nitrogens with zero attached hydrogens (tertiary/aromatic N) is 1. The van der Waals surface area contributed by atoms with E-state index in [1.807, 2.05) is 0 Å². The third kappa shape index (κ3) is 5.93. The zero-order chi connectivity index (χ0) is 19.4. The van der Waals surface area contributed by atoms with Crippen molar-refractivity contribution in [3.05, 3.63) is 48.5 Å². The van der Waals surface area contributed by atoms with E-state index in [9.17, 15) is 0 Å². The summed E-state index contributed by atoms with van der Waals surface area (Å²) in [5.41, 5.74) is 8.90. The topological polar surface area (TPSA) is 50.9 Å². The predicted molar refractivity (Wildman–Crippen MR) is 123 cm³/mol. The van der Waals surface area contributed by atoms with Gasteiger partial charge in [0, 0.05) is 17.3 Å². The number of nitrogens with one attached hydrogen (secondary N) is 1. The molecule has 3 rings (SSSR count). The third-order valence-corrected chi connectivity index (χ3v) is 5.52. The molecule has 0 fully saturated rings. The van der Waals surface area contributed by atoms with E-state index in [1.165, 1.54) is 80.7 Å². The molecule has 0 atom stereocenters. The van der Waals surface area contributed by atoms with Gasteiger partial charge in [-0.1, -0.05) is 87.8 Å². The van der Waals surface area contributed by atoms with Crippen molar-refractivity contribution in [2.45, 2.75) is 64.2 Å². The average molecular weight is 378 g/mol. The van der Waals surface area contributed by atoms with Gasteiger partial charge < -0.3 is 11.1 Å². The first-order valence-corrected chi connectivity index (χ1v) is 11.1. The third-order valence-electron chi connectivity index (χ3n) is 5.52. The van der Waals surface area contributed by atoms with Gasteiger partial charge in [0.2, 0.25) is 0 Å². The molecule has 1 heterocycles. The van der Waals surface area contributed by atoms with Crippen molar-refractivity contribution in [2.75, 3.05) is 18.4 Å². The standard InChI is InChI=1S/C25H35N3/c26-19-13-7-5-3-1-2-4-6-8-14-20-27-25-21-15-9-11-17-23(21)28-24-18-12-10-16-22(24)25/h9-12,15-18H,1-8,13-14,19-20,26H2,(H,27,28). The van der Waals surface area contributed by atoms with Crippen LogP contribution in [-0.4, -0.2) is 18.1 Å². The Labute approximate surface area is 169 Å². The number of unbranched alkanes of at least 4 members (excludes halogenated alkanes) is 9. The normalized spacial score (nSPS) is 11.3. The van der Waals surface area contributed by atoms with Gasteiger partial charge in [-0.15, -0.1) is 0 Å². The average Bonchev–Trinajstić information content (AvgIpc) is 2.73. The summed E-state index contributed by atoms with van der Waals surface area (Å²) in [6.45, 7) is 1.87. The molecule has 0 saturated carbocycles. The van der Waals surface area contributed by atoms with Gasteiger partial charge in [-0.2, -0.15) is 0 Å². The molecule has 0 bridgehead atoms. The molecule has 3 heteroatoms. The Morgan fingerprint density at radius 3 is 1.61 bits per heavy atom. The number of hydrogen-bond donors (Lipinski definition) is 2. The van der Waals surface area contributed by atoms with E-state index in [2.05, 4.69) is 53.8 Å². The van der Waals surface area contributed by atoms with Crippen LogP contribution < -0.4 is 11.1 Å². The molecule has 0 amide bonds. The second-order valence-corrected chi connectivity index (χ2v) is 7.77. The van der Waals surface area contributed by atoms with E-state index in [0.717, 1.165) is 24.1 Å². The molecule has 28 heavy (non-hydrogen) atoms. The van der Waals surface area contributed by atoms with E-state index in [0.29, 0.717) is 0 Å². The summed E-state index contributed by atoms with van der Waals surface area (Å²) in [4.78, 5) is 4.80. The second-order valence-electron chi connectivity index (χ2n) is 7.77. The Kier molecular flexibility index (Phi) is 8.57. The number of pyridine rings is 1. The fourth-order valence-corrected chi connectivity index (χ4v) is 3.93. The lowest BCUT2D eigenvalue weighted by Gasteiger charge is -2.13. The molecular formula is C25H35N3. The predicted octanol–water partition coefficient (Wildman–Crippen LogP) is 6.66. The number of anilines is 1. The van der Waals surface area contributed by atoms with Gasteiger partial charge in [-0.25, -0.2) is 4.98 Å². The van der Waals surface area contributed by atoms with Crippen molar-refractivity contribution in [3.8, 4) is 0 Å². The lowest BCUT2D eigenvalue weighted by molar-refractivity contribution is 0.556. The Morgan fingerprint density at radius 2 is 1.07 bits per heavy atom. The number of nitrogens with two attached hydrogens (primary N) is 1. The van der Waals surface area contributed by atoms with Crippen LogP contribution in [0.2, 0.25) is 0 Å². The van der Waals surface area contributed by atoms with Crippen LogP contribution in [0.3, 0.4) is 0 Å². The molecule has 0 aliphatic rings. The minimum absolute atomic E-state index is 0.846. The molecule has 3 N–H and O–H groups in total. The molecule has 0 aliphatic carbocycles. The van der Waals surface area contributed by atoms with Gasteiger partial charge in [-0.3, -0.25) is 0 Å². The van der Waals surface area contributed by atoms with E-state index >= 15 is 0 Å². The molecule has 0 aliphatic heterocycles. The second kappa shape index (κ2) is 11.7. The minimum atomic E-state index is 0.846. The van der Waals surface area contributed by atoms with Crippen LogP contribution in [0.25, 0.3) is 21.8 Å². The van der Waals surface area contributed by atoms with Gasteiger partial charge in [0.1, 0.15) is 0 Å². The summed E-state index contributed by atoms with van der Waals surface area (Å²) < 4.78 is 0. The first kappa shape index (κ1) is 20.6. The maximum absolute atomic E-state index is 5.53. The molecule has 2 aromatic carbocycles. The van der Waals surface area contributed by atoms with Crippen molar-refractivity contribution < 1.29 is 0 Å². The van der Waals surface area contributed by atoms with Crippen LogP contribution in [0.15, 0.2) is 48.5 Å². The first-order chi connectivity index (χ1) is 13.9. The Morgan fingerprint density at radius 1 is 0.607 bits per heavy atom. The van der Waals surface area contributed by atoms with Crippen molar-refractivity contribution in [3.63, 3.8) is 0 Å². The highest BCUT2D eigenvalue weighted by atomic mass is 14.9. The lowest BCUT2D eigenvalue weighted by Crippen LogP contribution is -2.03. The molecule has 150 valence electrons. The van der Waals surface area contributed by atoms with Crippen molar-refractivity contribution in [1.82, 2.24) is 4.98 Å². The van der Waals surface area contributed by atoms with E-state index < -0.39 is 0 Å². The Hall–Kier alpha value is -2.13. The van der Waals surface area contributed by atoms with Crippen LogP contribution in [-0.2, 0) is 0 Å². The van der Waals surface area contributed by atoms with Gasteiger partial charge in [-0.05, 0) is 31.5 Å². The summed E-state index contributed by atoms with van der Waals surface area (Å²) in [6, 6.07) is 16.9. The molecule has 3 nitrogen and oxygen atoms in total. The maximum atomic E-state index is 5.53. The SMILES string of the molecule is NCCCCCCCCCCCCNc1c2ccccc2nc2ccccc12. The minimum Gasteiger partial charge on any atom is -0.384 e. The van der Waals surface area contributed by atoms with E-state index in [4.69, 9.17) is 10.7 Å². The zero-order valence-electron chi connectivity index (χ0n) is 17.1. The monoisotopic (exact) mass is 377 g/mol. The number of aromatic nitrogens is 1. The van der Waals surface area contributed by atoms with Crippen LogP contribution >= 0.6 is 0 Å². The molecule has 0 saturated heterocycles. The van der Waals surface area contributed by atoms with Crippen LogP contribution in [0.1, 0.15) is 64.2 Å². The lowest BCUT2D eigenvalue weighted by atomic mass is 10.1.